The first-order valence-electron chi connectivity index (χ1n) is 7.05. The number of aromatic nitrogens is 4. The van der Waals surface area contributed by atoms with Crippen molar-refractivity contribution < 1.29 is 4.79 Å². The first-order chi connectivity index (χ1) is 11.0. The normalized spacial score (nSPS) is 10.8. The fourth-order valence-corrected chi connectivity index (χ4v) is 2.59. The Bertz CT molecular complexity index is 676. The number of halogens is 3. The Labute approximate surface area is 149 Å². The predicted molar refractivity (Wildman–Crippen MR) is 90.5 cm³/mol. The van der Waals surface area contributed by atoms with Crippen LogP contribution in [0.5, 0.6) is 0 Å². The first kappa shape index (κ1) is 18.0. The van der Waals surface area contributed by atoms with E-state index < -0.39 is 0 Å². The van der Waals surface area contributed by atoms with Crippen LogP contribution >= 0.6 is 34.8 Å². The number of carbonyl (C=O) groups excluding carboxylic acids is 1. The van der Waals surface area contributed by atoms with Gasteiger partial charge in [-0.05, 0) is 35.8 Å². The highest BCUT2D eigenvalue weighted by atomic mass is 35.5. The van der Waals surface area contributed by atoms with Crippen molar-refractivity contribution in [1.29, 1.82) is 0 Å². The maximum absolute atomic E-state index is 12.2. The van der Waals surface area contributed by atoms with Crippen molar-refractivity contribution in [3.8, 4) is 0 Å². The number of tetrazole rings is 1. The molecule has 1 aromatic carbocycles. The number of hydrogen-bond acceptors (Lipinski definition) is 4. The second-order valence-corrected chi connectivity index (χ2v) is 6.23. The van der Waals surface area contributed by atoms with E-state index in [1.807, 2.05) is 0 Å². The maximum Gasteiger partial charge on any atom is 0.363 e. The van der Waals surface area contributed by atoms with E-state index >= 15 is 0 Å². The summed E-state index contributed by atoms with van der Waals surface area (Å²) in [4.78, 5) is 14.7. The molecule has 0 radical (unpaired) electrons. The molecule has 0 aliphatic rings. The molecule has 9 heteroatoms. The Kier molecular flexibility index (Phi) is 6.62. The molecule has 1 amide bonds. The summed E-state index contributed by atoms with van der Waals surface area (Å²) in [5.41, 5.74) is 0.818. The van der Waals surface area contributed by atoms with E-state index in [2.05, 4.69) is 15.4 Å². The number of unbranched alkanes of at least 4 members (excludes halogenated alkanes) is 1. The molecular formula is C14H16Cl3N5O. The Hall–Kier alpha value is -1.37. The number of nitrogens with zero attached hydrogens (tertiary/aromatic N) is 5. The summed E-state index contributed by atoms with van der Waals surface area (Å²) in [6.45, 7) is 0.589. The topological polar surface area (TPSA) is 63.9 Å². The molecule has 0 saturated carbocycles. The molecule has 1 heterocycles. The third-order valence-electron chi connectivity index (χ3n) is 3.19. The van der Waals surface area contributed by atoms with E-state index in [4.69, 9.17) is 34.8 Å². The zero-order valence-corrected chi connectivity index (χ0v) is 14.8. The smallest absolute Gasteiger partial charge is 0.325 e. The molecule has 0 fully saturated rings. The summed E-state index contributed by atoms with van der Waals surface area (Å²) in [5.74, 6) is 0.993. The highest BCUT2D eigenvalue weighted by molar-refractivity contribution is 6.35. The van der Waals surface area contributed by atoms with Gasteiger partial charge < -0.3 is 4.90 Å². The summed E-state index contributed by atoms with van der Waals surface area (Å²) in [7, 11) is 1.69. The van der Waals surface area contributed by atoms with Gasteiger partial charge in [-0.2, -0.15) is 0 Å². The Morgan fingerprint density at radius 1 is 1.30 bits per heavy atom. The summed E-state index contributed by atoms with van der Waals surface area (Å²) >= 11 is 17.6. The number of rotatable bonds is 6. The largest absolute Gasteiger partial charge is 0.363 e. The number of carbonyl (C=O) groups is 1. The van der Waals surface area contributed by atoms with Gasteiger partial charge in [-0.3, -0.25) is 0 Å². The minimum absolute atomic E-state index is 0.333. The molecule has 0 spiro atoms. The monoisotopic (exact) mass is 375 g/mol. The number of benzene rings is 1. The summed E-state index contributed by atoms with van der Waals surface area (Å²) in [5, 5.41) is 12.9. The minimum Gasteiger partial charge on any atom is -0.325 e. The van der Waals surface area contributed by atoms with Crippen LogP contribution in [0.2, 0.25) is 10.0 Å². The van der Waals surface area contributed by atoms with Crippen LogP contribution in [0.15, 0.2) is 18.2 Å². The average molecular weight is 377 g/mol. The molecule has 0 atom stereocenters. The van der Waals surface area contributed by atoms with Crippen LogP contribution in [0.1, 0.15) is 24.2 Å². The van der Waals surface area contributed by atoms with Crippen LogP contribution in [0, 0.1) is 0 Å². The van der Waals surface area contributed by atoms with Gasteiger partial charge in [0.05, 0.1) is 0 Å². The van der Waals surface area contributed by atoms with Gasteiger partial charge in [-0.1, -0.05) is 34.1 Å². The van der Waals surface area contributed by atoms with Gasteiger partial charge in [0.2, 0.25) is 0 Å². The van der Waals surface area contributed by atoms with E-state index in [1.165, 1.54) is 4.90 Å². The van der Waals surface area contributed by atoms with E-state index in [1.54, 1.807) is 25.2 Å². The van der Waals surface area contributed by atoms with Gasteiger partial charge in [0.25, 0.3) is 0 Å². The van der Waals surface area contributed by atoms with Crippen LogP contribution < -0.4 is 0 Å². The standard InChI is InChI=1S/C14H16Cl3N5O/c1-21(7-3-2-6-15)14(23)22-19-13(18-20-22)8-10-4-5-11(16)9-12(10)17/h4-5,9H,2-3,6-8H2,1H3. The van der Waals surface area contributed by atoms with Crippen LogP contribution in [0.4, 0.5) is 4.79 Å². The molecule has 1 aromatic heterocycles. The molecule has 124 valence electrons. The third-order valence-corrected chi connectivity index (χ3v) is 4.05. The Morgan fingerprint density at radius 2 is 2.09 bits per heavy atom. The minimum atomic E-state index is -0.333. The highest BCUT2D eigenvalue weighted by Crippen LogP contribution is 2.22. The highest BCUT2D eigenvalue weighted by Gasteiger charge is 2.15. The molecule has 0 unspecified atom stereocenters. The quantitative estimate of drug-likeness (QED) is 0.572. The molecule has 2 rings (SSSR count). The zero-order chi connectivity index (χ0) is 16.8. The van der Waals surface area contributed by atoms with Crippen molar-refractivity contribution in [2.24, 2.45) is 0 Å². The van der Waals surface area contributed by atoms with Crippen molar-refractivity contribution >= 4 is 40.8 Å². The Balaban J connectivity index is 2.01. The Morgan fingerprint density at radius 3 is 2.78 bits per heavy atom. The zero-order valence-electron chi connectivity index (χ0n) is 12.5. The van der Waals surface area contributed by atoms with Crippen LogP contribution in [-0.2, 0) is 6.42 Å². The molecule has 0 N–H and O–H groups in total. The van der Waals surface area contributed by atoms with Crippen molar-refractivity contribution in [1.82, 2.24) is 25.1 Å². The molecule has 6 nitrogen and oxygen atoms in total. The number of alkyl halides is 1. The molecular weight excluding hydrogens is 361 g/mol. The van der Waals surface area contributed by atoms with Crippen LogP contribution in [0.25, 0.3) is 0 Å². The van der Waals surface area contributed by atoms with Gasteiger partial charge >= 0.3 is 6.03 Å². The van der Waals surface area contributed by atoms with Crippen molar-refractivity contribution in [3.05, 3.63) is 39.6 Å². The molecule has 0 bridgehead atoms. The van der Waals surface area contributed by atoms with Crippen molar-refractivity contribution in [2.75, 3.05) is 19.5 Å². The average Bonchev–Trinajstić information content (AvgIpc) is 2.98. The van der Waals surface area contributed by atoms with Gasteiger partial charge in [-0.25, -0.2) is 4.79 Å². The maximum atomic E-state index is 12.2. The van der Waals surface area contributed by atoms with Crippen LogP contribution in [-0.4, -0.2) is 50.6 Å². The molecule has 0 aliphatic carbocycles. The first-order valence-corrected chi connectivity index (χ1v) is 8.34. The van der Waals surface area contributed by atoms with E-state index in [9.17, 15) is 4.79 Å². The molecule has 0 aliphatic heterocycles. The lowest BCUT2D eigenvalue weighted by Gasteiger charge is -2.14. The summed E-state index contributed by atoms with van der Waals surface area (Å²) < 4.78 is 0. The van der Waals surface area contributed by atoms with E-state index in [0.29, 0.717) is 34.7 Å². The van der Waals surface area contributed by atoms with Crippen molar-refractivity contribution in [2.45, 2.75) is 19.3 Å². The van der Waals surface area contributed by atoms with Gasteiger partial charge in [0.1, 0.15) is 0 Å². The van der Waals surface area contributed by atoms with E-state index in [0.717, 1.165) is 23.2 Å². The third kappa shape index (κ3) is 5.06. The number of amides is 1. The van der Waals surface area contributed by atoms with Gasteiger partial charge in [0, 0.05) is 35.9 Å². The second kappa shape index (κ2) is 8.47. The lowest BCUT2D eigenvalue weighted by atomic mass is 10.1. The predicted octanol–water partition coefficient (Wildman–Crippen LogP) is 3.49. The van der Waals surface area contributed by atoms with Crippen molar-refractivity contribution in [3.63, 3.8) is 0 Å². The molecule has 23 heavy (non-hydrogen) atoms. The lowest BCUT2D eigenvalue weighted by molar-refractivity contribution is 0.202. The van der Waals surface area contributed by atoms with Gasteiger partial charge in [-0.15, -0.1) is 21.8 Å². The summed E-state index contributed by atoms with van der Waals surface area (Å²) in [6.07, 6.45) is 2.05. The molecule has 2 aromatic rings. The SMILES string of the molecule is CN(CCCCCl)C(=O)n1nnc(Cc2ccc(Cl)cc2Cl)n1. The van der Waals surface area contributed by atoms with Crippen LogP contribution in [0.3, 0.4) is 0 Å². The second-order valence-electron chi connectivity index (χ2n) is 5.01. The number of hydrogen-bond donors (Lipinski definition) is 0. The fraction of sp³-hybridized carbons (Fsp3) is 0.429. The van der Waals surface area contributed by atoms with Gasteiger partial charge in [0.15, 0.2) is 5.82 Å². The summed E-state index contributed by atoms with van der Waals surface area (Å²) in [6, 6.07) is 4.85. The fourth-order valence-electron chi connectivity index (χ4n) is 1.92. The lowest BCUT2D eigenvalue weighted by Crippen LogP contribution is -2.33. The van der Waals surface area contributed by atoms with E-state index in [-0.39, 0.29) is 6.03 Å². The molecule has 0 saturated heterocycles.